The summed E-state index contributed by atoms with van der Waals surface area (Å²) in [5.41, 5.74) is 3.08. The molecule has 33 heavy (non-hydrogen) atoms. The lowest BCUT2D eigenvalue weighted by molar-refractivity contribution is 0.344. The molecule has 0 spiro atoms. The van der Waals surface area contributed by atoms with Crippen molar-refractivity contribution in [2.24, 2.45) is 0 Å². The fourth-order valence-electron chi connectivity index (χ4n) is 3.61. The maximum absolute atomic E-state index is 14.1. The lowest BCUT2D eigenvalue weighted by Crippen LogP contribution is -2.49. The van der Waals surface area contributed by atoms with E-state index in [0.29, 0.717) is 15.9 Å². The summed E-state index contributed by atoms with van der Waals surface area (Å²) in [5.74, 6) is -11.7. The molecule has 4 rings (SSSR count). The van der Waals surface area contributed by atoms with Crippen LogP contribution in [-0.4, -0.2) is 43.9 Å². The maximum Gasteiger partial charge on any atom is 0.249 e. The van der Waals surface area contributed by atoms with Crippen molar-refractivity contribution in [1.29, 1.82) is 0 Å². The quantitative estimate of drug-likeness (QED) is 0.297. The number of aromatic nitrogens is 1. The van der Waals surface area contributed by atoms with Gasteiger partial charge >= 0.3 is 0 Å². The van der Waals surface area contributed by atoms with Crippen molar-refractivity contribution in [2.45, 2.75) is 18.2 Å². The van der Waals surface area contributed by atoms with E-state index < -0.39 is 44.0 Å². The molecule has 0 saturated carbocycles. The van der Waals surface area contributed by atoms with Crippen LogP contribution in [0.5, 0.6) is 0 Å². The van der Waals surface area contributed by atoms with Gasteiger partial charge < -0.3 is 4.90 Å². The second-order valence-electron chi connectivity index (χ2n) is 7.58. The number of hydrogen-bond donors (Lipinski definition) is 0. The van der Waals surface area contributed by atoms with E-state index in [2.05, 4.69) is 11.1 Å². The topological polar surface area (TPSA) is 53.5 Å². The van der Waals surface area contributed by atoms with Gasteiger partial charge in [-0.1, -0.05) is 29.8 Å². The highest BCUT2D eigenvalue weighted by Crippen LogP contribution is 2.30. The molecular weight excluding hydrogens is 485 g/mol. The minimum Gasteiger partial charge on any atom is -0.345 e. The van der Waals surface area contributed by atoms with Gasteiger partial charge in [0.25, 0.3) is 0 Å². The molecule has 1 aromatic heterocycles. The monoisotopic (exact) mass is 503 g/mol. The molecule has 0 atom stereocenters. The van der Waals surface area contributed by atoms with Crippen molar-refractivity contribution >= 4 is 26.5 Å². The molecule has 0 unspecified atom stereocenters. The number of thiazole rings is 1. The molecule has 5 nitrogen and oxygen atoms in total. The van der Waals surface area contributed by atoms with E-state index in [1.54, 1.807) is 0 Å². The van der Waals surface area contributed by atoms with Crippen LogP contribution in [-0.2, 0) is 16.4 Å². The highest BCUT2D eigenvalue weighted by molar-refractivity contribution is 7.89. The van der Waals surface area contributed by atoms with Crippen LogP contribution in [0.15, 0.2) is 34.5 Å². The summed E-state index contributed by atoms with van der Waals surface area (Å²) in [4.78, 5) is 4.56. The molecule has 1 fully saturated rings. The maximum atomic E-state index is 14.1. The van der Waals surface area contributed by atoms with Crippen molar-refractivity contribution in [2.75, 3.05) is 31.1 Å². The van der Waals surface area contributed by atoms with E-state index >= 15 is 0 Å². The highest BCUT2D eigenvalue weighted by Gasteiger charge is 2.38. The van der Waals surface area contributed by atoms with Crippen molar-refractivity contribution in [1.82, 2.24) is 9.29 Å². The van der Waals surface area contributed by atoms with Gasteiger partial charge in [-0.2, -0.15) is 4.31 Å². The zero-order valence-corrected chi connectivity index (χ0v) is 18.9. The molecule has 0 N–H and O–H groups in total. The first kappa shape index (κ1) is 23.6. The SMILES string of the molecule is Cc1cccc(Cc2csc(N3CCN(S(=O)(=O)c4c(F)c(F)c(F)c(F)c4F)CC3)n2)c1. The predicted octanol–water partition coefficient (Wildman–Crippen LogP) is 4.25. The molecule has 176 valence electrons. The highest BCUT2D eigenvalue weighted by atomic mass is 32.2. The van der Waals surface area contributed by atoms with Crippen LogP contribution in [0.4, 0.5) is 27.1 Å². The van der Waals surface area contributed by atoms with E-state index in [1.165, 1.54) is 11.3 Å². The Morgan fingerprint density at radius 1 is 0.939 bits per heavy atom. The molecule has 2 heterocycles. The number of rotatable bonds is 5. The van der Waals surface area contributed by atoms with Crippen LogP contribution in [0.1, 0.15) is 16.8 Å². The number of halogens is 5. The number of piperazine rings is 1. The standard InChI is InChI=1S/C21H18F5N3O2S2/c1-12-3-2-4-13(9-12)10-14-11-32-21(27-14)28-5-7-29(8-6-28)33(30,31)20-18(25)16(23)15(22)17(24)19(20)26/h2-4,9,11H,5-8,10H2,1H3. The number of benzene rings is 2. The second kappa shape index (κ2) is 8.99. The van der Waals surface area contributed by atoms with Gasteiger partial charge in [-0.05, 0) is 12.5 Å². The van der Waals surface area contributed by atoms with Gasteiger partial charge in [0.05, 0.1) is 5.69 Å². The third kappa shape index (κ3) is 4.46. The number of anilines is 1. The molecule has 0 amide bonds. The van der Waals surface area contributed by atoms with Crippen molar-refractivity contribution in [3.8, 4) is 0 Å². The smallest absolute Gasteiger partial charge is 0.249 e. The normalized spacial score (nSPS) is 15.3. The van der Waals surface area contributed by atoms with E-state index in [-0.39, 0.29) is 26.2 Å². The van der Waals surface area contributed by atoms with Gasteiger partial charge in [0, 0.05) is 38.0 Å². The molecule has 1 aliphatic rings. The largest absolute Gasteiger partial charge is 0.345 e. The van der Waals surface area contributed by atoms with Gasteiger partial charge in [-0.15, -0.1) is 11.3 Å². The fourth-order valence-corrected chi connectivity index (χ4v) is 6.03. The summed E-state index contributed by atoms with van der Waals surface area (Å²) in [6.45, 7) is 1.89. The molecule has 0 bridgehead atoms. The third-order valence-electron chi connectivity index (χ3n) is 5.28. The zero-order chi connectivity index (χ0) is 23.9. The molecule has 0 radical (unpaired) electrons. The Kier molecular flexibility index (Phi) is 6.43. The van der Waals surface area contributed by atoms with Crippen LogP contribution in [0.2, 0.25) is 0 Å². The minimum atomic E-state index is -4.94. The minimum absolute atomic E-state index is 0.145. The molecule has 12 heteroatoms. The molecule has 0 aliphatic carbocycles. The summed E-state index contributed by atoms with van der Waals surface area (Å²) < 4.78 is 94.5. The second-order valence-corrected chi connectivity index (χ2v) is 10.3. The van der Waals surface area contributed by atoms with E-state index in [0.717, 1.165) is 16.8 Å². The van der Waals surface area contributed by atoms with Crippen molar-refractivity contribution in [3.63, 3.8) is 0 Å². The van der Waals surface area contributed by atoms with Crippen LogP contribution in [0.25, 0.3) is 0 Å². The molecule has 1 aliphatic heterocycles. The summed E-state index contributed by atoms with van der Waals surface area (Å²) in [5, 5.41) is 2.56. The van der Waals surface area contributed by atoms with Crippen LogP contribution < -0.4 is 4.90 Å². The van der Waals surface area contributed by atoms with E-state index in [4.69, 9.17) is 0 Å². The Morgan fingerprint density at radius 3 is 2.15 bits per heavy atom. The summed E-state index contributed by atoms with van der Waals surface area (Å²) in [6.07, 6.45) is 0.632. The first-order valence-electron chi connectivity index (χ1n) is 9.86. The zero-order valence-electron chi connectivity index (χ0n) is 17.3. The summed E-state index contributed by atoms with van der Waals surface area (Å²) in [6, 6.07) is 8.01. The average Bonchev–Trinajstić information content (AvgIpc) is 3.25. The summed E-state index contributed by atoms with van der Waals surface area (Å²) in [7, 11) is -4.94. The Hall–Kier alpha value is -2.57. The van der Waals surface area contributed by atoms with E-state index in [9.17, 15) is 30.4 Å². The predicted molar refractivity (Wildman–Crippen MR) is 113 cm³/mol. The molecule has 3 aromatic rings. The Balaban J connectivity index is 1.48. The Bertz CT molecular complexity index is 1280. The number of hydrogen-bond acceptors (Lipinski definition) is 5. The first-order valence-corrected chi connectivity index (χ1v) is 12.2. The fraction of sp³-hybridized carbons (Fsp3) is 0.286. The average molecular weight is 504 g/mol. The van der Waals surface area contributed by atoms with E-state index in [1.807, 2.05) is 35.4 Å². The van der Waals surface area contributed by atoms with Gasteiger partial charge in [0.15, 0.2) is 33.3 Å². The lowest BCUT2D eigenvalue weighted by Gasteiger charge is -2.33. The lowest BCUT2D eigenvalue weighted by atomic mass is 10.1. The Labute approximate surface area is 191 Å². The van der Waals surface area contributed by atoms with Gasteiger partial charge in [0.1, 0.15) is 0 Å². The van der Waals surface area contributed by atoms with Crippen molar-refractivity contribution < 1.29 is 30.4 Å². The van der Waals surface area contributed by atoms with Crippen LogP contribution in [0.3, 0.4) is 0 Å². The number of aryl methyl sites for hydroxylation is 1. The van der Waals surface area contributed by atoms with Gasteiger partial charge in [-0.3, -0.25) is 0 Å². The number of sulfonamides is 1. The third-order valence-corrected chi connectivity index (χ3v) is 8.15. The molecular formula is C21H18F5N3O2S2. The molecule has 1 saturated heterocycles. The molecule has 2 aromatic carbocycles. The number of nitrogens with zero attached hydrogens (tertiary/aromatic N) is 3. The van der Waals surface area contributed by atoms with Crippen molar-refractivity contribution in [3.05, 3.63) is 75.6 Å². The van der Waals surface area contributed by atoms with Gasteiger partial charge in [0.2, 0.25) is 15.8 Å². The first-order chi connectivity index (χ1) is 15.6. The van der Waals surface area contributed by atoms with Crippen LogP contribution in [0, 0.1) is 36.0 Å². The Morgan fingerprint density at radius 2 is 1.55 bits per heavy atom. The van der Waals surface area contributed by atoms with Gasteiger partial charge in [-0.25, -0.2) is 35.4 Å². The summed E-state index contributed by atoms with van der Waals surface area (Å²) >= 11 is 1.38. The van der Waals surface area contributed by atoms with Crippen LogP contribution >= 0.6 is 11.3 Å².